The summed E-state index contributed by atoms with van der Waals surface area (Å²) in [7, 11) is 0. The first-order valence-corrected chi connectivity index (χ1v) is 8.04. The van der Waals surface area contributed by atoms with Crippen LogP contribution >= 0.6 is 15.9 Å². The maximum Gasteiger partial charge on any atom is 0.0964 e. The topological polar surface area (TPSA) is 30.5 Å². The molecule has 0 aliphatic heterocycles. The first-order chi connectivity index (χ1) is 9.54. The van der Waals surface area contributed by atoms with E-state index >= 15 is 0 Å². The lowest BCUT2D eigenvalue weighted by Crippen LogP contribution is -2.31. The first kappa shape index (κ1) is 17.6. The van der Waals surface area contributed by atoms with Gasteiger partial charge in [-0.15, -0.1) is 0 Å². The smallest absolute Gasteiger partial charge is 0.0964 e. The molecule has 0 heterocycles. The molecule has 0 aliphatic rings. The molecule has 1 aromatic carbocycles. The average molecular weight is 344 g/mol. The second-order valence-corrected chi connectivity index (χ2v) is 6.03. The van der Waals surface area contributed by atoms with Crippen molar-refractivity contribution in [2.24, 2.45) is 0 Å². The zero-order valence-corrected chi connectivity index (χ0v) is 14.4. The van der Waals surface area contributed by atoms with Crippen LogP contribution in [0.5, 0.6) is 0 Å². The Balaban J connectivity index is 2.72. The van der Waals surface area contributed by atoms with E-state index in [0.29, 0.717) is 12.6 Å². The minimum atomic E-state index is 0.0171. The number of ether oxygens (including phenoxy) is 2. The van der Waals surface area contributed by atoms with Gasteiger partial charge in [0.25, 0.3) is 0 Å². The van der Waals surface area contributed by atoms with Gasteiger partial charge in [0.15, 0.2) is 0 Å². The zero-order valence-electron chi connectivity index (χ0n) is 12.9. The van der Waals surface area contributed by atoms with Crippen molar-refractivity contribution in [1.82, 2.24) is 5.32 Å². The van der Waals surface area contributed by atoms with Crippen LogP contribution in [-0.4, -0.2) is 31.9 Å². The summed E-state index contributed by atoms with van der Waals surface area (Å²) in [4.78, 5) is 0. The van der Waals surface area contributed by atoms with Crippen molar-refractivity contribution in [3.63, 3.8) is 0 Å². The summed E-state index contributed by atoms with van der Waals surface area (Å²) in [5.74, 6) is 0. The molecule has 0 aliphatic carbocycles. The van der Waals surface area contributed by atoms with Crippen molar-refractivity contribution in [3.05, 3.63) is 34.3 Å². The molecule has 20 heavy (non-hydrogen) atoms. The van der Waals surface area contributed by atoms with Crippen LogP contribution in [0.15, 0.2) is 28.7 Å². The van der Waals surface area contributed by atoms with Crippen molar-refractivity contribution in [2.75, 3.05) is 19.8 Å². The van der Waals surface area contributed by atoms with Gasteiger partial charge >= 0.3 is 0 Å². The minimum absolute atomic E-state index is 0.0171. The summed E-state index contributed by atoms with van der Waals surface area (Å²) < 4.78 is 12.7. The van der Waals surface area contributed by atoms with Gasteiger partial charge < -0.3 is 14.8 Å². The second kappa shape index (κ2) is 9.50. The third-order valence-corrected chi connectivity index (χ3v) is 3.64. The molecule has 1 rings (SSSR count). The van der Waals surface area contributed by atoms with E-state index < -0.39 is 0 Å². The Morgan fingerprint density at radius 1 is 1.20 bits per heavy atom. The standard InChI is InChI=1S/C16H26BrNO2/c1-5-19-11-13(4)20-16(10-18-12(2)3)14-8-6-7-9-15(14)17/h6-9,12-13,16,18H,5,10-11H2,1-4H3. The molecule has 0 amide bonds. The largest absolute Gasteiger partial charge is 0.379 e. The molecule has 2 atom stereocenters. The third kappa shape index (κ3) is 6.35. The fourth-order valence-electron chi connectivity index (χ4n) is 1.91. The van der Waals surface area contributed by atoms with E-state index in [4.69, 9.17) is 9.47 Å². The molecule has 1 aromatic rings. The van der Waals surface area contributed by atoms with E-state index in [1.165, 1.54) is 5.56 Å². The lowest BCUT2D eigenvalue weighted by atomic mass is 10.1. The molecule has 4 heteroatoms. The Morgan fingerprint density at radius 3 is 2.50 bits per heavy atom. The Kier molecular flexibility index (Phi) is 8.38. The van der Waals surface area contributed by atoms with Crippen LogP contribution in [0.1, 0.15) is 39.4 Å². The highest BCUT2D eigenvalue weighted by Crippen LogP contribution is 2.26. The average Bonchev–Trinajstić information content (AvgIpc) is 2.41. The minimum Gasteiger partial charge on any atom is -0.379 e. The van der Waals surface area contributed by atoms with E-state index in [1.54, 1.807) is 0 Å². The zero-order chi connectivity index (χ0) is 15.0. The van der Waals surface area contributed by atoms with E-state index in [-0.39, 0.29) is 12.2 Å². The number of halogens is 1. The van der Waals surface area contributed by atoms with Crippen LogP contribution < -0.4 is 5.32 Å². The molecule has 0 fully saturated rings. The van der Waals surface area contributed by atoms with Gasteiger partial charge in [-0.1, -0.05) is 48.0 Å². The summed E-state index contributed by atoms with van der Waals surface area (Å²) in [6.45, 7) is 10.5. The molecular weight excluding hydrogens is 318 g/mol. The molecule has 0 aromatic heterocycles. The van der Waals surface area contributed by atoms with Crippen LogP contribution in [-0.2, 0) is 9.47 Å². The van der Waals surface area contributed by atoms with Gasteiger partial charge in [-0.25, -0.2) is 0 Å². The van der Waals surface area contributed by atoms with Gasteiger partial charge in [0.05, 0.1) is 18.8 Å². The van der Waals surface area contributed by atoms with Gasteiger partial charge in [-0.2, -0.15) is 0 Å². The molecule has 2 unspecified atom stereocenters. The van der Waals surface area contributed by atoms with Crippen molar-refractivity contribution < 1.29 is 9.47 Å². The Bertz CT molecular complexity index is 384. The van der Waals surface area contributed by atoms with Crippen molar-refractivity contribution in [3.8, 4) is 0 Å². The molecular formula is C16H26BrNO2. The molecule has 1 N–H and O–H groups in total. The van der Waals surface area contributed by atoms with Crippen LogP contribution in [0.2, 0.25) is 0 Å². The number of hydrogen-bond acceptors (Lipinski definition) is 3. The van der Waals surface area contributed by atoms with Crippen LogP contribution in [0.4, 0.5) is 0 Å². The highest BCUT2D eigenvalue weighted by atomic mass is 79.9. The molecule has 0 spiro atoms. The van der Waals surface area contributed by atoms with Gasteiger partial charge in [-0.05, 0) is 25.5 Å². The highest BCUT2D eigenvalue weighted by Gasteiger charge is 2.18. The summed E-state index contributed by atoms with van der Waals surface area (Å²) in [6, 6.07) is 8.65. The number of benzene rings is 1. The summed E-state index contributed by atoms with van der Waals surface area (Å²) >= 11 is 3.61. The lowest BCUT2D eigenvalue weighted by Gasteiger charge is -2.25. The van der Waals surface area contributed by atoms with Crippen LogP contribution in [0.3, 0.4) is 0 Å². The molecule has 3 nitrogen and oxygen atoms in total. The fourth-order valence-corrected chi connectivity index (χ4v) is 2.45. The number of nitrogens with one attached hydrogen (secondary N) is 1. The SMILES string of the molecule is CCOCC(C)OC(CNC(C)C)c1ccccc1Br. The number of rotatable bonds is 9. The maximum absolute atomic E-state index is 6.15. The van der Waals surface area contributed by atoms with Gasteiger partial charge in [0.1, 0.15) is 0 Å². The third-order valence-electron chi connectivity index (χ3n) is 2.92. The van der Waals surface area contributed by atoms with E-state index in [1.807, 2.05) is 25.1 Å². The van der Waals surface area contributed by atoms with Crippen LogP contribution in [0, 0.1) is 0 Å². The summed E-state index contributed by atoms with van der Waals surface area (Å²) in [5, 5.41) is 3.45. The van der Waals surface area contributed by atoms with Gasteiger partial charge in [-0.3, -0.25) is 0 Å². The Hall–Kier alpha value is -0.420. The summed E-state index contributed by atoms with van der Waals surface area (Å²) in [5.41, 5.74) is 1.17. The first-order valence-electron chi connectivity index (χ1n) is 7.25. The Morgan fingerprint density at radius 2 is 1.90 bits per heavy atom. The number of hydrogen-bond donors (Lipinski definition) is 1. The van der Waals surface area contributed by atoms with Crippen molar-refractivity contribution in [2.45, 2.75) is 45.9 Å². The predicted octanol–water partition coefficient (Wildman–Crippen LogP) is 3.93. The molecule has 114 valence electrons. The van der Waals surface area contributed by atoms with E-state index in [2.05, 4.69) is 48.1 Å². The summed E-state index contributed by atoms with van der Waals surface area (Å²) in [6.07, 6.45) is 0.0875. The second-order valence-electron chi connectivity index (χ2n) is 5.18. The maximum atomic E-state index is 6.15. The molecule has 0 radical (unpaired) electrons. The van der Waals surface area contributed by atoms with Gasteiger partial charge in [0, 0.05) is 23.7 Å². The molecule has 0 bridgehead atoms. The monoisotopic (exact) mass is 343 g/mol. The lowest BCUT2D eigenvalue weighted by molar-refractivity contribution is -0.0477. The predicted molar refractivity (Wildman–Crippen MR) is 87.1 cm³/mol. The van der Waals surface area contributed by atoms with E-state index in [0.717, 1.165) is 17.6 Å². The molecule has 0 saturated carbocycles. The normalized spacial score (nSPS) is 14.5. The van der Waals surface area contributed by atoms with E-state index in [9.17, 15) is 0 Å². The Labute approximate surface area is 131 Å². The van der Waals surface area contributed by atoms with Crippen LogP contribution in [0.25, 0.3) is 0 Å². The quantitative estimate of drug-likeness (QED) is 0.736. The van der Waals surface area contributed by atoms with Gasteiger partial charge in [0.2, 0.25) is 0 Å². The molecule has 0 saturated heterocycles. The highest BCUT2D eigenvalue weighted by molar-refractivity contribution is 9.10. The van der Waals surface area contributed by atoms with Crippen molar-refractivity contribution >= 4 is 15.9 Å². The van der Waals surface area contributed by atoms with Crippen molar-refractivity contribution in [1.29, 1.82) is 0 Å². The fraction of sp³-hybridized carbons (Fsp3) is 0.625.